The minimum atomic E-state index is -4.60. The summed E-state index contributed by atoms with van der Waals surface area (Å²) in [7, 11) is 3.50. The van der Waals surface area contributed by atoms with E-state index in [2.05, 4.69) is 10.2 Å². The molecular weight excluding hydrogens is 399 g/mol. The Bertz CT molecular complexity index is 864. The first-order valence-corrected chi connectivity index (χ1v) is 9.47. The van der Waals surface area contributed by atoms with Crippen LogP contribution in [0.2, 0.25) is 0 Å². The molecule has 6 nitrogen and oxygen atoms in total. The molecule has 9 heteroatoms. The number of rotatable bonds is 6. The fraction of sp³-hybridized carbons (Fsp3) is 0.381. The Morgan fingerprint density at radius 2 is 1.67 bits per heavy atom. The molecule has 0 spiro atoms. The van der Waals surface area contributed by atoms with Gasteiger partial charge in [0.1, 0.15) is 11.5 Å². The van der Waals surface area contributed by atoms with Gasteiger partial charge < -0.3 is 24.6 Å². The Balaban J connectivity index is 1.68. The standard InChI is InChI=1S/C21H24F3N3O3/c1-26-9-11-27(12-10-26)15-3-8-19(18(13-15)21(22,23)24)25-20(28)14-30-17-6-4-16(29-2)5-7-17/h3-8,13H,9-12,14H2,1-2H3,(H,25,28). The van der Waals surface area contributed by atoms with Gasteiger partial charge in [-0.05, 0) is 49.5 Å². The van der Waals surface area contributed by atoms with Crippen LogP contribution < -0.4 is 19.7 Å². The van der Waals surface area contributed by atoms with Crippen LogP contribution in [0, 0.1) is 0 Å². The number of halogens is 3. The van der Waals surface area contributed by atoms with Crippen molar-refractivity contribution in [3.05, 3.63) is 48.0 Å². The number of alkyl halides is 3. The number of carbonyl (C=O) groups is 1. The Kier molecular flexibility index (Phi) is 6.71. The van der Waals surface area contributed by atoms with Gasteiger partial charge in [-0.3, -0.25) is 4.79 Å². The molecule has 0 aromatic heterocycles. The van der Waals surface area contributed by atoms with Crippen molar-refractivity contribution >= 4 is 17.3 Å². The molecule has 0 bridgehead atoms. The summed E-state index contributed by atoms with van der Waals surface area (Å²) in [4.78, 5) is 16.2. The third-order valence-corrected chi connectivity index (χ3v) is 4.88. The van der Waals surface area contributed by atoms with Gasteiger partial charge in [0.05, 0.1) is 18.4 Å². The maximum absolute atomic E-state index is 13.6. The number of hydrogen-bond donors (Lipinski definition) is 1. The van der Waals surface area contributed by atoms with E-state index in [1.54, 1.807) is 30.3 Å². The number of benzene rings is 2. The van der Waals surface area contributed by atoms with E-state index in [-0.39, 0.29) is 5.69 Å². The van der Waals surface area contributed by atoms with Crippen LogP contribution in [-0.2, 0) is 11.0 Å². The number of piperazine rings is 1. The molecule has 1 amide bonds. The van der Waals surface area contributed by atoms with Gasteiger partial charge in [0, 0.05) is 31.9 Å². The van der Waals surface area contributed by atoms with Crippen LogP contribution in [0.25, 0.3) is 0 Å². The highest BCUT2D eigenvalue weighted by molar-refractivity contribution is 5.93. The highest BCUT2D eigenvalue weighted by Crippen LogP contribution is 2.37. The van der Waals surface area contributed by atoms with Crippen molar-refractivity contribution in [3.63, 3.8) is 0 Å². The van der Waals surface area contributed by atoms with E-state index < -0.39 is 24.3 Å². The van der Waals surface area contributed by atoms with Crippen LogP contribution in [0.1, 0.15) is 5.56 Å². The normalized spacial score (nSPS) is 15.0. The lowest BCUT2D eigenvalue weighted by atomic mass is 10.1. The average Bonchev–Trinajstić information content (AvgIpc) is 2.73. The zero-order valence-electron chi connectivity index (χ0n) is 16.8. The summed E-state index contributed by atoms with van der Waals surface area (Å²) in [6.07, 6.45) is -4.60. The first-order valence-electron chi connectivity index (χ1n) is 9.47. The summed E-state index contributed by atoms with van der Waals surface area (Å²) in [6, 6.07) is 10.5. The van der Waals surface area contributed by atoms with Gasteiger partial charge in [-0.2, -0.15) is 13.2 Å². The number of hydrogen-bond acceptors (Lipinski definition) is 5. The first kappa shape index (κ1) is 21.8. The fourth-order valence-corrected chi connectivity index (χ4v) is 3.14. The lowest BCUT2D eigenvalue weighted by Gasteiger charge is -2.34. The molecule has 1 saturated heterocycles. The van der Waals surface area contributed by atoms with E-state index in [0.717, 1.165) is 19.2 Å². The summed E-state index contributed by atoms with van der Waals surface area (Å²) in [6.45, 7) is 2.44. The summed E-state index contributed by atoms with van der Waals surface area (Å²) in [5.74, 6) is 0.359. The van der Waals surface area contributed by atoms with E-state index in [1.807, 2.05) is 11.9 Å². The smallest absolute Gasteiger partial charge is 0.418 e. The molecule has 0 saturated carbocycles. The topological polar surface area (TPSA) is 54.0 Å². The minimum Gasteiger partial charge on any atom is -0.497 e. The molecule has 162 valence electrons. The molecule has 3 rings (SSSR count). The molecular formula is C21H24F3N3O3. The number of nitrogens with zero attached hydrogens (tertiary/aromatic N) is 2. The molecule has 1 aliphatic rings. The SMILES string of the molecule is COc1ccc(OCC(=O)Nc2ccc(N3CCN(C)CC3)cc2C(F)(F)F)cc1. The summed E-state index contributed by atoms with van der Waals surface area (Å²) in [5, 5.41) is 2.31. The predicted molar refractivity (Wildman–Crippen MR) is 108 cm³/mol. The number of ether oxygens (including phenoxy) is 2. The first-order chi connectivity index (χ1) is 14.3. The van der Waals surface area contributed by atoms with Gasteiger partial charge in [-0.15, -0.1) is 0 Å². The molecule has 0 unspecified atom stereocenters. The van der Waals surface area contributed by atoms with Crippen molar-refractivity contribution in [2.75, 3.05) is 57.2 Å². The van der Waals surface area contributed by atoms with Crippen LogP contribution >= 0.6 is 0 Å². The zero-order chi connectivity index (χ0) is 21.7. The minimum absolute atomic E-state index is 0.288. The molecule has 0 aliphatic carbocycles. The molecule has 2 aromatic carbocycles. The molecule has 1 N–H and O–H groups in total. The van der Waals surface area contributed by atoms with Crippen LogP contribution in [0.4, 0.5) is 24.5 Å². The van der Waals surface area contributed by atoms with Crippen molar-refractivity contribution in [1.82, 2.24) is 4.90 Å². The quantitative estimate of drug-likeness (QED) is 0.771. The lowest BCUT2D eigenvalue weighted by molar-refractivity contribution is -0.137. The van der Waals surface area contributed by atoms with Crippen LogP contribution in [0.5, 0.6) is 11.5 Å². The van der Waals surface area contributed by atoms with Crippen molar-refractivity contribution in [1.29, 1.82) is 0 Å². The van der Waals surface area contributed by atoms with Gasteiger partial charge in [-0.1, -0.05) is 0 Å². The number of methoxy groups -OCH3 is 1. The summed E-state index contributed by atoms with van der Waals surface area (Å²) in [5.41, 5.74) is -0.677. The Hall–Kier alpha value is -2.94. The van der Waals surface area contributed by atoms with Crippen LogP contribution in [0.15, 0.2) is 42.5 Å². The molecule has 1 aliphatic heterocycles. The monoisotopic (exact) mass is 423 g/mol. The Morgan fingerprint density at radius 1 is 1.03 bits per heavy atom. The zero-order valence-corrected chi connectivity index (χ0v) is 16.8. The van der Waals surface area contributed by atoms with E-state index in [1.165, 1.54) is 13.2 Å². The van der Waals surface area contributed by atoms with Crippen molar-refractivity contribution in [2.24, 2.45) is 0 Å². The van der Waals surface area contributed by atoms with Crippen molar-refractivity contribution in [2.45, 2.75) is 6.18 Å². The molecule has 1 heterocycles. The molecule has 30 heavy (non-hydrogen) atoms. The average molecular weight is 423 g/mol. The van der Waals surface area contributed by atoms with Gasteiger partial charge in [0.2, 0.25) is 0 Å². The maximum atomic E-state index is 13.6. The highest BCUT2D eigenvalue weighted by Gasteiger charge is 2.35. The molecule has 0 atom stereocenters. The number of amides is 1. The van der Waals surface area contributed by atoms with Gasteiger partial charge in [0.15, 0.2) is 6.61 Å². The Morgan fingerprint density at radius 3 is 2.27 bits per heavy atom. The molecule has 2 aromatic rings. The van der Waals surface area contributed by atoms with Crippen molar-refractivity contribution in [3.8, 4) is 11.5 Å². The third-order valence-electron chi connectivity index (χ3n) is 4.88. The summed E-state index contributed by atoms with van der Waals surface area (Å²) >= 11 is 0. The maximum Gasteiger partial charge on any atom is 0.418 e. The molecule has 0 radical (unpaired) electrons. The number of anilines is 2. The largest absolute Gasteiger partial charge is 0.497 e. The lowest BCUT2D eigenvalue weighted by Crippen LogP contribution is -2.44. The number of nitrogens with one attached hydrogen (secondary N) is 1. The van der Waals surface area contributed by atoms with E-state index in [4.69, 9.17) is 9.47 Å². The van der Waals surface area contributed by atoms with Crippen LogP contribution in [-0.4, -0.2) is 57.8 Å². The van der Waals surface area contributed by atoms with E-state index in [0.29, 0.717) is 30.3 Å². The second-order valence-electron chi connectivity index (χ2n) is 7.03. The van der Waals surface area contributed by atoms with Crippen LogP contribution in [0.3, 0.4) is 0 Å². The van der Waals surface area contributed by atoms with E-state index in [9.17, 15) is 18.0 Å². The fourth-order valence-electron chi connectivity index (χ4n) is 3.14. The Labute approximate surface area is 173 Å². The number of likely N-dealkylation sites (N-methyl/N-ethyl adjacent to an activating group) is 1. The van der Waals surface area contributed by atoms with Gasteiger partial charge in [0.25, 0.3) is 5.91 Å². The second-order valence-corrected chi connectivity index (χ2v) is 7.03. The number of carbonyl (C=O) groups excluding carboxylic acids is 1. The third kappa shape index (κ3) is 5.56. The van der Waals surface area contributed by atoms with Crippen molar-refractivity contribution < 1.29 is 27.4 Å². The van der Waals surface area contributed by atoms with E-state index >= 15 is 0 Å². The molecule has 1 fully saturated rings. The predicted octanol–water partition coefficient (Wildman–Crippen LogP) is 3.48. The summed E-state index contributed by atoms with van der Waals surface area (Å²) < 4.78 is 51.2. The van der Waals surface area contributed by atoms with Gasteiger partial charge in [-0.25, -0.2) is 0 Å². The second kappa shape index (κ2) is 9.25. The van der Waals surface area contributed by atoms with Gasteiger partial charge >= 0.3 is 6.18 Å². The highest BCUT2D eigenvalue weighted by atomic mass is 19.4.